The van der Waals surface area contributed by atoms with E-state index in [4.69, 9.17) is 0 Å². The van der Waals surface area contributed by atoms with Gasteiger partial charge in [-0.1, -0.05) is 43.7 Å². The Morgan fingerprint density at radius 1 is 1.03 bits per heavy atom. The minimum absolute atomic E-state index is 0. The van der Waals surface area contributed by atoms with Gasteiger partial charge in [-0.2, -0.15) is 0 Å². The summed E-state index contributed by atoms with van der Waals surface area (Å²) in [7, 11) is 4.14. The van der Waals surface area contributed by atoms with Crippen LogP contribution >= 0.6 is 24.0 Å². The molecule has 0 saturated carbocycles. The second-order valence-corrected chi connectivity index (χ2v) is 9.13. The van der Waals surface area contributed by atoms with Crippen LogP contribution in [0.5, 0.6) is 0 Å². The first-order valence-corrected chi connectivity index (χ1v) is 11.5. The smallest absolute Gasteiger partial charge is 0.191 e. The number of halogens is 1. The Kier molecular flexibility index (Phi) is 10.4. The SMILES string of the molecule is CN=C(NCC1(N2CCCCC2)CCN(C)CC1)NC(C)C(C)c1ccccc1.I. The summed E-state index contributed by atoms with van der Waals surface area (Å²) in [6.45, 7) is 10.4. The number of benzene rings is 1. The average molecular weight is 528 g/mol. The summed E-state index contributed by atoms with van der Waals surface area (Å²) >= 11 is 0. The summed E-state index contributed by atoms with van der Waals surface area (Å²) in [6, 6.07) is 11.1. The third-order valence-corrected chi connectivity index (χ3v) is 7.19. The van der Waals surface area contributed by atoms with E-state index in [1.807, 2.05) is 7.05 Å². The number of piperidine rings is 2. The zero-order valence-electron chi connectivity index (χ0n) is 19.4. The molecule has 2 aliphatic heterocycles. The summed E-state index contributed by atoms with van der Waals surface area (Å²) in [5.74, 6) is 1.35. The summed E-state index contributed by atoms with van der Waals surface area (Å²) in [5, 5.41) is 7.35. The van der Waals surface area contributed by atoms with Crippen LogP contribution in [0.25, 0.3) is 0 Å². The maximum atomic E-state index is 4.55. The average Bonchev–Trinajstić information content (AvgIpc) is 2.78. The normalized spacial score (nSPS) is 22.6. The van der Waals surface area contributed by atoms with E-state index < -0.39 is 0 Å². The first kappa shape index (κ1) is 25.4. The number of nitrogens with one attached hydrogen (secondary N) is 2. The zero-order valence-corrected chi connectivity index (χ0v) is 21.7. The molecule has 0 aromatic heterocycles. The number of hydrogen-bond acceptors (Lipinski definition) is 3. The van der Waals surface area contributed by atoms with E-state index in [1.165, 1.54) is 63.8 Å². The van der Waals surface area contributed by atoms with E-state index in [1.54, 1.807) is 0 Å². The van der Waals surface area contributed by atoms with Gasteiger partial charge in [0.2, 0.25) is 0 Å². The summed E-state index contributed by atoms with van der Waals surface area (Å²) in [5.41, 5.74) is 1.63. The maximum absolute atomic E-state index is 4.55. The van der Waals surface area contributed by atoms with Gasteiger partial charge >= 0.3 is 0 Å². The van der Waals surface area contributed by atoms with Crippen LogP contribution in [-0.4, -0.2) is 74.2 Å². The van der Waals surface area contributed by atoms with Gasteiger partial charge in [0.05, 0.1) is 0 Å². The molecule has 170 valence electrons. The number of hydrogen-bond donors (Lipinski definition) is 2. The predicted octanol–water partition coefficient (Wildman–Crippen LogP) is 3.91. The Bertz CT molecular complexity index is 636. The highest BCUT2D eigenvalue weighted by Gasteiger charge is 2.39. The third kappa shape index (κ3) is 6.57. The fourth-order valence-electron chi connectivity index (χ4n) is 4.84. The number of nitrogens with zero attached hydrogens (tertiary/aromatic N) is 3. The molecular formula is C24H42IN5. The van der Waals surface area contributed by atoms with Gasteiger partial charge in [0, 0.05) is 31.1 Å². The number of rotatable bonds is 6. The van der Waals surface area contributed by atoms with E-state index in [2.05, 4.69) is 76.7 Å². The fourth-order valence-corrected chi connectivity index (χ4v) is 4.84. The van der Waals surface area contributed by atoms with Gasteiger partial charge in [-0.05, 0) is 71.4 Å². The van der Waals surface area contributed by atoms with Crippen LogP contribution in [0.2, 0.25) is 0 Å². The monoisotopic (exact) mass is 527 g/mol. The lowest BCUT2D eigenvalue weighted by atomic mass is 9.84. The van der Waals surface area contributed by atoms with Crippen molar-refractivity contribution in [2.24, 2.45) is 4.99 Å². The van der Waals surface area contributed by atoms with Crippen molar-refractivity contribution in [2.45, 2.75) is 63.5 Å². The lowest BCUT2D eigenvalue weighted by Gasteiger charge is -2.50. The first-order valence-electron chi connectivity index (χ1n) is 11.5. The number of aliphatic imine (C=N–C) groups is 1. The molecule has 0 bridgehead atoms. The minimum atomic E-state index is 0. The second-order valence-electron chi connectivity index (χ2n) is 9.13. The van der Waals surface area contributed by atoms with Crippen molar-refractivity contribution < 1.29 is 0 Å². The van der Waals surface area contributed by atoms with Crippen LogP contribution in [0.1, 0.15) is 57.4 Å². The van der Waals surface area contributed by atoms with Crippen LogP contribution < -0.4 is 10.6 Å². The molecule has 2 N–H and O–H groups in total. The van der Waals surface area contributed by atoms with Gasteiger partial charge in [0.1, 0.15) is 0 Å². The van der Waals surface area contributed by atoms with Gasteiger partial charge in [0.25, 0.3) is 0 Å². The second kappa shape index (κ2) is 12.2. The van der Waals surface area contributed by atoms with Gasteiger partial charge in [-0.15, -0.1) is 24.0 Å². The van der Waals surface area contributed by atoms with E-state index in [0.29, 0.717) is 12.0 Å². The zero-order chi connectivity index (χ0) is 20.7. The Balaban J connectivity index is 0.00000320. The number of guanidine groups is 1. The molecule has 0 aliphatic carbocycles. The standard InChI is InChI=1S/C24H41N5.HI/c1-20(22-11-7-5-8-12-22)21(2)27-23(25-3)26-19-24(13-17-28(4)18-14-24)29-15-9-6-10-16-29;/h5,7-8,11-12,20-21H,6,9-10,13-19H2,1-4H3,(H2,25,26,27);1H. The Labute approximate surface area is 201 Å². The summed E-state index contributed by atoms with van der Waals surface area (Å²) < 4.78 is 0. The highest BCUT2D eigenvalue weighted by atomic mass is 127. The molecule has 2 heterocycles. The summed E-state index contributed by atoms with van der Waals surface area (Å²) in [6.07, 6.45) is 6.55. The number of likely N-dealkylation sites (tertiary alicyclic amines) is 2. The highest BCUT2D eigenvalue weighted by Crippen LogP contribution is 2.31. The molecule has 1 aromatic rings. The minimum Gasteiger partial charge on any atom is -0.355 e. The molecular weight excluding hydrogens is 485 g/mol. The largest absolute Gasteiger partial charge is 0.355 e. The Hall–Kier alpha value is -0.860. The molecule has 2 aliphatic rings. The topological polar surface area (TPSA) is 42.9 Å². The van der Waals surface area contributed by atoms with Gasteiger partial charge in [-0.25, -0.2) is 0 Å². The van der Waals surface area contributed by atoms with Crippen LogP contribution in [0.4, 0.5) is 0 Å². The first-order chi connectivity index (χ1) is 14.0. The van der Waals surface area contributed by atoms with Crippen molar-refractivity contribution in [3.05, 3.63) is 35.9 Å². The molecule has 3 rings (SSSR count). The van der Waals surface area contributed by atoms with Crippen molar-refractivity contribution >= 4 is 29.9 Å². The molecule has 2 unspecified atom stereocenters. The van der Waals surface area contributed by atoms with Gasteiger partial charge in [0.15, 0.2) is 5.96 Å². The lowest BCUT2D eigenvalue weighted by molar-refractivity contribution is 0.0173. The third-order valence-electron chi connectivity index (χ3n) is 7.19. The van der Waals surface area contributed by atoms with Crippen molar-refractivity contribution in [3.8, 4) is 0 Å². The molecule has 2 atom stereocenters. The Morgan fingerprint density at radius 3 is 2.27 bits per heavy atom. The van der Waals surface area contributed by atoms with Crippen molar-refractivity contribution in [1.29, 1.82) is 0 Å². The van der Waals surface area contributed by atoms with Gasteiger partial charge < -0.3 is 15.5 Å². The van der Waals surface area contributed by atoms with Crippen LogP contribution in [0.3, 0.4) is 0 Å². The van der Waals surface area contributed by atoms with Crippen molar-refractivity contribution in [1.82, 2.24) is 20.4 Å². The molecule has 2 fully saturated rings. The van der Waals surface area contributed by atoms with Gasteiger partial charge in [-0.3, -0.25) is 9.89 Å². The molecule has 5 nitrogen and oxygen atoms in total. The molecule has 6 heteroatoms. The van der Waals surface area contributed by atoms with E-state index in [0.717, 1.165) is 12.5 Å². The molecule has 0 spiro atoms. The van der Waals surface area contributed by atoms with Crippen LogP contribution in [0, 0.1) is 0 Å². The Morgan fingerprint density at radius 2 is 1.67 bits per heavy atom. The molecule has 0 radical (unpaired) electrons. The molecule has 2 saturated heterocycles. The van der Waals surface area contributed by atoms with Crippen LogP contribution in [0.15, 0.2) is 35.3 Å². The van der Waals surface area contributed by atoms with Crippen LogP contribution in [-0.2, 0) is 0 Å². The highest BCUT2D eigenvalue weighted by molar-refractivity contribution is 14.0. The van der Waals surface area contributed by atoms with Crippen molar-refractivity contribution in [2.75, 3.05) is 46.8 Å². The predicted molar refractivity (Wildman–Crippen MR) is 139 cm³/mol. The van der Waals surface area contributed by atoms with E-state index >= 15 is 0 Å². The van der Waals surface area contributed by atoms with E-state index in [-0.39, 0.29) is 29.5 Å². The lowest BCUT2D eigenvalue weighted by Crippen LogP contribution is -2.62. The summed E-state index contributed by atoms with van der Waals surface area (Å²) in [4.78, 5) is 9.79. The fraction of sp³-hybridized carbons (Fsp3) is 0.708. The van der Waals surface area contributed by atoms with Crippen molar-refractivity contribution in [3.63, 3.8) is 0 Å². The maximum Gasteiger partial charge on any atom is 0.191 e. The molecule has 30 heavy (non-hydrogen) atoms. The molecule has 0 amide bonds. The van der Waals surface area contributed by atoms with E-state index in [9.17, 15) is 0 Å². The quantitative estimate of drug-likeness (QED) is 0.335. The molecule has 1 aromatic carbocycles.